The molecule has 0 bridgehead atoms. The van der Waals surface area contributed by atoms with Gasteiger partial charge in [0.2, 0.25) is 5.24 Å². The molecule has 0 radical (unpaired) electrons. The van der Waals surface area contributed by atoms with Crippen molar-refractivity contribution in [2.24, 2.45) is 0 Å². The van der Waals surface area contributed by atoms with E-state index in [1.54, 1.807) is 0 Å². The molecule has 0 aromatic carbocycles. The Hall–Kier alpha value is -1.08. The molecule has 0 spiro atoms. The summed E-state index contributed by atoms with van der Waals surface area (Å²) in [5.41, 5.74) is 0. The second-order valence-corrected chi connectivity index (χ2v) is 2.20. The van der Waals surface area contributed by atoms with E-state index in [1.807, 2.05) is 0 Å². The van der Waals surface area contributed by atoms with Gasteiger partial charge in [0, 0.05) is 12.8 Å². The molecule has 0 aliphatic carbocycles. The quantitative estimate of drug-likeness (QED) is 0.362. The van der Waals surface area contributed by atoms with Crippen LogP contribution in [0.3, 0.4) is 0 Å². The summed E-state index contributed by atoms with van der Waals surface area (Å²) >= 11 is 4.98. The molecular formula is C6H6ClNO3. The lowest BCUT2D eigenvalue weighted by molar-refractivity contribution is -0.137. The average molecular weight is 176 g/mol. The summed E-state index contributed by atoms with van der Waals surface area (Å²) in [5, 5.41) is 7.37. The molecule has 0 aromatic heterocycles. The number of rotatable bonds is 4. The number of carbonyl (C=O) groups is 2. The van der Waals surface area contributed by atoms with Crippen molar-refractivity contribution in [3.63, 3.8) is 0 Å². The first-order chi connectivity index (χ1) is 5.16. The van der Waals surface area contributed by atoms with Crippen molar-refractivity contribution >= 4 is 22.8 Å². The van der Waals surface area contributed by atoms with Crippen LogP contribution in [-0.2, 0) is 14.3 Å². The van der Waals surface area contributed by atoms with E-state index in [2.05, 4.69) is 4.74 Å². The summed E-state index contributed by atoms with van der Waals surface area (Å²) < 4.78 is 3.94. The number of nitriles is 1. The fourth-order valence-corrected chi connectivity index (χ4v) is 0.607. The normalized spacial score (nSPS) is 8.36. The monoisotopic (exact) mass is 175 g/mol. The molecule has 4 nitrogen and oxygen atoms in total. The first-order valence-electron chi connectivity index (χ1n) is 2.94. The molecule has 60 valence electrons. The number of halogens is 1. The van der Waals surface area contributed by atoms with Gasteiger partial charge in [-0.25, -0.2) is 0 Å². The lowest BCUT2D eigenvalue weighted by Gasteiger charge is -1.92. The van der Waals surface area contributed by atoms with Gasteiger partial charge in [0.25, 0.3) is 6.26 Å². The number of hydrogen-bond acceptors (Lipinski definition) is 4. The zero-order valence-corrected chi connectivity index (χ0v) is 6.43. The number of carbonyl (C=O) groups excluding carboxylic acids is 2. The Labute approximate surface area is 68.7 Å². The molecule has 0 aromatic rings. The topological polar surface area (TPSA) is 67.2 Å². The predicted octanol–water partition coefficient (Wildman–Crippen LogP) is 0.946. The van der Waals surface area contributed by atoms with Gasteiger partial charge in [-0.2, -0.15) is 0 Å². The summed E-state index contributed by atoms with van der Waals surface area (Å²) in [5.74, 6) is -0.634. The second-order valence-electron chi connectivity index (χ2n) is 1.77. The van der Waals surface area contributed by atoms with Crippen molar-refractivity contribution in [2.75, 3.05) is 0 Å². The summed E-state index contributed by atoms with van der Waals surface area (Å²) in [7, 11) is 0. The van der Waals surface area contributed by atoms with Crippen molar-refractivity contribution in [2.45, 2.75) is 19.3 Å². The Morgan fingerprint density at radius 2 is 2.09 bits per heavy atom. The molecule has 0 saturated carbocycles. The summed E-state index contributed by atoms with van der Waals surface area (Å²) in [6, 6.07) is 0. The van der Waals surface area contributed by atoms with Gasteiger partial charge in [-0.1, -0.05) is 0 Å². The van der Waals surface area contributed by atoms with Crippen LogP contribution in [0, 0.1) is 11.5 Å². The van der Waals surface area contributed by atoms with Gasteiger partial charge in [0.15, 0.2) is 0 Å². The molecule has 0 atom stereocenters. The van der Waals surface area contributed by atoms with Crippen molar-refractivity contribution in [1.82, 2.24) is 0 Å². The van der Waals surface area contributed by atoms with Gasteiger partial charge in [0.1, 0.15) is 0 Å². The molecule has 0 amide bonds. The van der Waals surface area contributed by atoms with Gasteiger partial charge >= 0.3 is 5.97 Å². The minimum absolute atomic E-state index is 0.0476. The van der Waals surface area contributed by atoms with Crippen LogP contribution in [0.15, 0.2) is 0 Å². The largest absolute Gasteiger partial charge is 0.351 e. The highest BCUT2D eigenvalue weighted by atomic mass is 35.5. The van der Waals surface area contributed by atoms with E-state index in [1.165, 1.54) is 6.26 Å². The van der Waals surface area contributed by atoms with E-state index in [0.717, 1.165) is 0 Å². The highest BCUT2D eigenvalue weighted by molar-refractivity contribution is 6.63. The number of esters is 1. The van der Waals surface area contributed by atoms with Crippen molar-refractivity contribution in [3.8, 4) is 6.26 Å². The maximum Gasteiger partial charge on any atom is 0.321 e. The summed E-state index contributed by atoms with van der Waals surface area (Å²) in [6.45, 7) is 0. The third-order valence-corrected chi connectivity index (χ3v) is 1.10. The van der Waals surface area contributed by atoms with Crippen LogP contribution in [0.1, 0.15) is 19.3 Å². The highest BCUT2D eigenvalue weighted by Gasteiger charge is 2.03. The van der Waals surface area contributed by atoms with Crippen LogP contribution >= 0.6 is 11.6 Å². The minimum atomic E-state index is -0.634. The first kappa shape index (κ1) is 9.92. The Morgan fingerprint density at radius 1 is 1.45 bits per heavy atom. The summed E-state index contributed by atoms with van der Waals surface area (Å²) in [6.07, 6.45) is 1.74. The highest BCUT2D eigenvalue weighted by Crippen LogP contribution is 1.99. The van der Waals surface area contributed by atoms with E-state index in [9.17, 15) is 9.59 Å². The first-order valence-corrected chi connectivity index (χ1v) is 3.31. The van der Waals surface area contributed by atoms with Crippen molar-refractivity contribution in [3.05, 3.63) is 0 Å². The van der Waals surface area contributed by atoms with Gasteiger partial charge in [-0.15, -0.1) is 5.26 Å². The fraction of sp³-hybridized carbons (Fsp3) is 0.500. The predicted molar refractivity (Wildman–Crippen MR) is 36.4 cm³/mol. The third kappa shape index (κ3) is 6.81. The van der Waals surface area contributed by atoms with Crippen molar-refractivity contribution < 1.29 is 14.3 Å². The van der Waals surface area contributed by atoms with Crippen LogP contribution in [-0.4, -0.2) is 11.2 Å². The molecule has 0 unspecified atom stereocenters. The zero-order chi connectivity index (χ0) is 8.69. The molecule has 0 fully saturated rings. The maximum atomic E-state index is 10.4. The van der Waals surface area contributed by atoms with Gasteiger partial charge in [-0.05, 0) is 18.0 Å². The van der Waals surface area contributed by atoms with Gasteiger partial charge in [0.05, 0.1) is 0 Å². The standard InChI is InChI=1S/C6H6ClNO3/c7-5(9)2-1-3-6(10)11-4-8/h1-3H2. The Morgan fingerprint density at radius 3 is 2.55 bits per heavy atom. The molecule has 0 N–H and O–H groups in total. The van der Waals surface area contributed by atoms with E-state index in [4.69, 9.17) is 16.9 Å². The number of ether oxygens (including phenoxy) is 1. The third-order valence-electron chi connectivity index (χ3n) is 0.914. The lowest BCUT2D eigenvalue weighted by Crippen LogP contribution is -2.00. The van der Waals surface area contributed by atoms with E-state index < -0.39 is 11.2 Å². The molecule has 11 heavy (non-hydrogen) atoms. The fourth-order valence-electron chi connectivity index (χ4n) is 0.474. The van der Waals surface area contributed by atoms with Crippen LogP contribution in [0.4, 0.5) is 0 Å². The van der Waals surface area contributed by atoms with Crippen LogP contribution in [0.2, 0.25) is 0 Å². The Bertz CT molecular complexity index is 196. The molecule has 0 rings (SSSR count). The van der Waals surface area contributed by atoms with E-state index in [-0.39, 0.29) is 12.8 Å². The maximum absolute atomic E-state index is 10.4. The van der Waals surface area contributed by atoms with E-state index in [0.29, 0.717) is 6.42 Å². The molecule has 0 aliphatic rings. The van der Waals surface area contributed by atoms with Crippen LogP contribution < -0.4 is 0 Å². The minimum Gasteiger partial charge on any atom is -0.351 e. The molecule has 0 saturated heterocycles. The zero-order valence-electron chi connectivity index (χ0n) is 5.67. The van der Waals surface area contributed by atoms with Crippen molar-refractivity contribution in [1.29, 1.82) is 5.26 Å². The molecule has 0 heterocycles. The van der Waals surface area contributed by atoms with E-state index >= 15 is 0 Å². The number of nitrogens with zero attached hydrogens (tertiary/aromatic N) is 1. The average Bonchev–Trinajstić information content (AvgIpc) is 1.87. The van der Waals surface area contributed by atoms with Gasteiger partial charge in [-0.3, -0.25) is 9.59 Å². The number of hydrogen-bond donors (Lipinski definition) is 0. The molecular weight excluding hydrogens is 170 g/mol. The van der Waals surface area contributed by atoms with Crippen LogP contribution in [0.5, 0.6) is 0 Å². The smallest absolute Gasteiger partial charge is 0.321 e. The lowest BCUT2D eigenvalue weighted by atomic mass is 10.2. The Balaban J connectivity index is 3.33. The summed E-state index contributed by atoms with van der Waals surface area (Å²) in [4.78, 5) is 20.6. The molecule has 5 heteroatoms. The second kappa shape index (κ2) is 5.69. The van der Waals surface area contributed by atoms with Gasteiger partial charge < -0.3 is 4.74 Å². The SMILES string of the molecule is N#COC(=O)CCCC(=O)Cl. The van der Waals surface area contributed by atoms with Crippen LogP contribution in [0.25, 0.3) is 0 Å². The molecule has 0 aliphatic heterocycles. The Kier molecular flexibility index (Phi) is 5.13.